The number of hydrogen-bond donors (Lipinski definition) is 0. The molecule has 3 aromatic rings. The van der Waals surface area contributed by atoms with Crippen LogP contribution in [0.3, 0.4) is 0 Å². The summed E-state index contributed by atoms with van der Waals surface area (Å²) in [5, 5.41) is 8.35. The second-order valence-corrected chi connectivity index (χ2v) is 10.1. The number of aryl methyl sites for hydroxylation is 2. The van der Waals surface area contributed by atoms with Crippen LogP contribution in [0, 0.1) is 18.2 Å². The Balaban J connectivity index is 1.28. The molecule has 0 radical (unpaired) electrons. The summed E-state index contributed by atoms with van der Waals surface area (Å²) < 4.78 is 48.3. The molecule has 5 rings (SSSR count). The highest BCUT2D eigenvalue weighted by atomic mass is 32.2. The zero-order valence-electron chi connectivity index (χ0n) is 16.7. The molecule has 1 aliphatic carbocycles. The Morgan fingerprint density at radius 2 is 2.00 bits per heavy atom. The van der Waals surface area contributed by atoms with Crippen LogP contribution >= 0.6 is 0 Å². The molecule has 8 nitrogen and oxygen atoms in total. The third kappa shape index (κ3) is 3.14. The van der Waals surface area contributed by atoms with E-state index in [0.29, 0.717) is 36.3 Å². The van der Waals surface area contributed by atoms with Crippen molar-refractivity contribution in [3.8, 4) is 11.5 Å². The summed E-state index contributed by atoms with van der Waals surface area (Å²) in [7, 11) is -1.81. The quantitative estimate of drug-likeness (QED) is 0.631. The molecule has 0 N–H and O–H groups in total. The van der Waals surface area contributed by atoms with Gasteiger partial charge in [0.25, 0.3) is 10.0 Å². The summed E-state index contributed by atoms with van der Waals surface area (Å²) in [5.74, 6) is 1.28. The molecule has 1 spiro atoms. The normalized spacial score (nSPS) is 21.2. The van der Waals surface area contributed by atoms with Gasteiger partial charge in [-0.05, 0) is 49.8 Å². The van der Waals surface area contributed by atoms with Gasteiger partial charge in [-0.25, -0.2) is 17.8 Å². The van der Waals surface area contributed by atoms with Gasteiger partial charge in [0.2, 0.25) is 11.8 Å². The van der Waals surface area contributed by atoms with Crippen molar-refractivity contribution in [2.75, 3.05) is 13.1 Å². The van der Waals surface area contributed by atoms with Crippen LogP contribution in [-0.2, 0) is 17.1 Å². The highest BCUT2D eigenvalue weighted by molar-refractivity contribution is 7.89. The number of hydrogen-bond acceptors (Lipinski definition) is 6. The summed E-state index contributed by atoms with van der Waals surface area (Å²) in [6.07, 6.45) is 3.93. The highest BCUT2D eigenvalue weighted by Gasteiger charge is 2.59. The van der Waals surface area contributed by atoms with Crippen molar-refractivity contribution in [1.82, 2.24) is 24.1 Å². The lowest BCUT2D eigenvalue weighted by atomic mass is 9.92. The molecule has 2 fully saturated rings. The fraction of sp³-hybridized carbons (Fsp3) is 0.450. The van der Waals surface area contributed by atoms with Gasteiger partial charge in [-0.2, -0.15) is 4.31 Å². The van der Waals surface area contributed by atoms with Crippen LogP contribution in [0.1, 0.15) is 36.9 Å². The van der Waals surface area contributed by atoms with E-state index in [4.69, 9.17) is 4.42 Å². The van der Waals surface area contributed by atoms with Gasteiger partial charge >= 0.3 is 0 Å². The zero-order valence-corrected chi connectivity index (χ0v) is 17.6. The molecule has 1 saturated carbocycles. The number of nitrogens with zero attached hydrogens (tertiary/aromatic N) is 5. The van der Waals surface area contributed by atoms with E-state index in [1.807, 2.05) is 0 Å². The Morgan fingerprint density at radius 3 is 2.67 bits per heavy atom. The van der Waals surface area contributed by atoms with Gasteiger partial charge in [0, 0.05) is 37.8 Å². The average Bonchev–Trinajstić information content (AvgIpc) is 3.04. The van der Waals surface area contributed by atoms with Crippen molar-refractivity contribution >= 4 is 10.0 Å². The van der Waals surface area contributed by atoms with Crippen molar-refractivity contribution in [2.24, 2.45) is 12.5 Å². The van der Waals surface area contributed by atoms with Gasteiger partial charge in [-0.3, -0.25) is 0 Å². The van der Waals surface area contributed by atoms with Gasteiger partial charge < -0.3 is 8.98 Å². The number of benzene rings is 1. The largest absolute Gasteiger partial charge is 0.420 e. The number of rotatable bonds is 4. The van der Waals surface area contributed by atoms with Crippen molar-refractivity contribution in [1.29, 1.82) is 0 Å². The lowest BCUT2D eigenvalue weighted by molar-refractivity contribution is 0.245. The first kappa shape index (κ1) is 19.4. The second kappa shape index (κ2) is 6.71. The topological polar surface area (TPSA) is 94.1 Å². The van der Waals surface area contributed by atoms with E-state index in [1.54, 1.807) is 36.9 Å². The first-order valence-electron chi connectivity index (χ1n) is 9.88. The maximum atomic E-state index is 13.4. The molecular formula is C20H22FN5O3S. The third-order valence-corrected chi connectivity index (χ3v) is 8.18. The van der Waals surface area contributed by atoms with Crippen LogP contribution < -0.4 is 0 Å². The van der Waals surface area contributed by atoms with Crippen LogP contribution in [0.2, 0.25) is 0 Å². The smallest absolute Gasteiger partial charge is 0.262 e. The maximum absolute atomic E-state index is 13.4. The van der Waals surface area contributed by atoms with Crippen molar-refractivity contribution in [2.45, 2.75) is 37.1 Å². The van der Waals surface area contributed by atoms with Gasteiger partial charge in [-0.1, -0.05) is 6.07 Å². The molecule has 1 saturated heterocycles. The number of aromatic nitrogens is 4. The molecule has 0 bridgehead atoms. The van der Waals surface area contributed by atoms with Crippen molar-refractivity contribution in [3.05, 3.63) is 48.0 Å². The summed E-state index contributed by atoms with van der Waals surface area (Å²) >= 11 is 0. The van der Waals surface area contributed by atoms with Crippen LogP contribution in [0.5, 0.6) is 0 Å². The third-order valence-electron chi connectivity index (χ3n) is 6.41. The summed E-state index contributed by atoms with van der Waals surface area (Å²) in [4.78, 5) is 4.18. The molecule has 1 aliphatic heterocycles. The van der Waals surface area contributed by atoms with Crippen LogP contribution in [-0.4, -0.2) is 45.6 Å². The van der Waals surface area contributed by atoms with Crippen LogP contribution in [0.25, 0.3) is 11.5 Å². The minimum atomic E-state index is -3.59. The lowest BCUT2D eigenvalue weighted by Crippen LogP contribution is -2.39. The second-order valence-electron chi connectivity index (χ2n) is 8.22. The highest BCUT2D eigenvalue weighted by Crippen LogP contribution is 2.64. The SMILES string of the molecule is Cc1nc(S(=O)(=O)N2CCC3(CC2)C[C@@H]3c2nnc(-c3cccc(F)c3)o2)cn1C. The summed E-state index contributed by atoms with van der Waals surface area (Å²) in [5.41, 5.74) is 0.549. The molecule has 1 aromatic carbocycles. The number of piperidine rings is 1. The Labute approximate surface area is 173 Å². The van der Waals surface area contributed by atoms with Crippen molar-refractivity contribution in [3.63, 3.8) is 0 Å². The Bertz CT molecular complexity index is 1190. The van der Waals surface area contributed by atoms with Gasteiger partial charge in [0.05, 0.1) is 0 Å². The average molecular weight is 431 g/mol. The van der Waals surface area contributed by atoms with E-state index in [0.717, 1.165) is 19.3 Å². The standard InChI is InChI=1S/C20H22FN5O3S/c1-13-22-17(12-25(13)2)30(27,28)26-8-6-20(7-9-26)11-16(20)19-24-23-18(29-19)14-4-3-5-15(21)10-14/h3-5,10,12,16H,6-9,11H2,1-2H3/t16-/m1/s1. The Morgan fingerprint density at radius 1 is 1.23 bits per heavy atom. The molecule has 158 valence electrons. The van der Waals surface area contributed by atoms with Crippen LogP contribution in [0.15, 0.2) is 39.9 Å². The molecule has 10 heteroatoms. The summed E-state index contributed by atoms with van der Waals surface area (Å²) in [6.45, 7) is 2.67. The van der Waals surface area contributed by atoms with Crippen molar-refractivity contribution < 1.29 is 17.2 Å². The fourth-order valence-electron chi connectivity index (χ4n) is 4.32. The van der Waals surface area contributed by atoms with E-state index in [2.05, 4.69) is 15.2 Å². The molecule has 0 unspecified atom stereocenters. The molecule has 2 aromatic heterocycles. The molecule has 30 heavy (non-hydrogen) atoms. The van der Waals surface area contributed by atoms with Gasteiger partial charge in [0.15, 0.2) is 5.03 Å². The maximum Gasteiger partial charge on any atom is 0.262 e. The van der Waals surface area contributed by atoms with E-state index < -0.39 is 10.0 Å². The Hall–Kier alpha value is -2.59. The first-order chi connectivity index (χ1) is 14.3. The zero-order chi connectivity index (χ0) is 21.1. The molecular weight excluding hydrogens is 409 g/mol. The van der Waals surface area contributed by atoms with E-state index in [1.165, 1.54) is 16.4 Å². The van der Waals surface area contributed by atoms with E-state index >= 15 is 0 Å². The number of sulfonamides is 1. The Kier molecular flexibility index (Phi) is 4.33. The van der Waals surface area contributed by atoms with Crippen LogP contribution in [0.4, 0.5) is 4.39 Å². The molecule has 0 amide bonds. The number of halogens is 1. The van der Waals surface area contributed by atoms with Gasteiger partial charge in [0.1, 0.15) is 11.6 Å². The fourth-order valence-corrected chi connectivity index (χ4v) is 5.78. The minimum Gasteiger partial charge on any atom is -0.420 e. The number of imidazole rings is 1. The predicted octanol–water partition coefficient (Wildman–Crippen LogP) is 2.88. The molecule has 1 atom stereocenters. The molecule has 2 aliphatic rings. The van der Waals surface area contributed by atoms with E-state index in [-0.39, 0.29) is 22.2 Å². The summed E-state index contributed by atoms with van der Waals surface area (Å²) in [6, 6.07) is 6.06. The van der Waals surface area contributed by atoms with E-state index in [9.17, 15) is 12.8 Å². The monoisotopic (exact) mass is 431 g/mol. The first-order valence-corrected chi connectivity index (χ1v) is 11.3. The predicted molar refractivity (Wildman–Crippen MR) is 105 cm³/mol. The van der Waals surface area contributed by atoms with Gasteiger partial charge in [-0.15, -0.1) is 10.2 Å². The minimum absolute atomic E-state index is 0.00219. The lowest BCUT2D eigenvalue weighted by Gasteiger charge is -2.31. The molecule has 3 heterocycles.